The molecule has 1 saturated heterocycles. The van der Waals surface area contributed by atoms with Gasteiger partial charge in [-0.15, -0.1) is 0 Å². The predicted molar refractivity (Wildman–Crippen MR) is 111 cm³/mol. The molecule has 3 nitrogen and oxygen atoms in total. The third-order valence-corrected chi connectivity index (χ3v) is 7.04. The van der Waals surface area contributed by atoms with Crippen molar-refractivity contribution in [1.82, 2.24) is 14.7 Å². The molecular formula is C23H37N3. The number of nitrogens with zero attached hydrogens (tertiary/aromatic N) is 3. The molecule has 0 aromatic heterocycles. The van der Waals surface area contributed by atoms with E-state index in [2.05, 4.69) is 73.5 Å². The van der Waals surface area contributed by atoms with Crippen molar-refractivity contribution in [2.24, 2.45) is 0 Å². The van der Waals surface area contributed by atoms with Crippen LogP contribution in [0.3, 0.4) is 0 Å². The van der Waals surface area contributed by atoms with E-state index < -0.39 is 0 Å². The number of hydrogen-bond donors (Lipinski definition) is 0. The molecule has 1 spiro atoms. The lowest BCUT2D eigenvalue weighted by atomic mass is 9.74. The van der Waals surface area contributed by atoms with E-state index in [0.717, 1.165) is 19.6 Å². The van der Waals surface area contributed by atoms with Crippen LogP contribution in [0.5, 0.6) is 0 Å². The van der Waals surface area contributed by atoms with Crippen LogP contribution in [0, 0.1) is 0 Å². The van der Waals surface area contributed by atoms with Crippen molar-refractivity contribution >= 4 is 0 Å². The molecule has 0 amide bonds. The Morgan fingerprint density at radius 3 is 2.46 bits per heavy atom. The maximum Gasteiger partial charge on any atom is 0.0484 e. The first-order valence-corrected chi connectivity index (χ1v) is 10.4. The topological polar surface area (TPSA) is 9.72 Å². The standard InChI is InChI=1S/C23H37N3/c1-6-21(7-2)25(5)19(3)18-26-16-13-23(14-17-26)22-11-9-8-10-20(22)12-15-24(23)4/h8-11,21H,3,6-7,12-18H2,1-2,4-5H3. The summed E-state index contributed by atoms with van der Waals surface area (Å²) in [5.41, 5.74) is 4.67. The van der Waals surface area contributed by atoms with Crippen LogP contribution in [0.1, 0.15) is 50.7 Å². The van der Waals surface area contributed by atoms with E-state index in [-0.39, 0.29) is 5.54 Å². The van der Waals surface area contributed by atoms with Gasteiger partial charge >= 0.3 is 0 Å². The maximum absolute atomic E-state index is 4.39. The van der Waals surface area contributed by atoms with Gasteiger partial charge in [0.05, 0.1) is 0 Å². The molecule has 0 bridgehead atoms. The second kappa shape index (κ2) is 8.14. The molecule has 0 saturated carbocycles. The summed E-state index contributed by atoms with van der Waals surface area (Å²) in [5.74, 6) is 0. The highest BCUT2D eigenvalue weighted by atomic mass is 15.2. The Bertz CT molecular complexity index is 612. The molecule has 1 fully saturated rings. The SMILES string of the molecule is C=C(CN1CCC2(CC1)c1ccccc1CCN2C)N(C)C(CC)CC. The quantitative estimate of drug-likeness (QED) is 0.761. The van der Waals surface area contributed by atoms with Crippen molar-refractivity contribution in [3.63, 3.8) is 0 Å². The number of likely N-dealkylation sites (N-methyl/N-ethyl adjacent to an activating group) is 2. The van der Waals surface area contributed by atoms with Crippen molar-refractivity contribution in [2.45, 2.75) is 57.5 Å². The molecule has 0 atom stereocenters. The van der Waals surface area contributed by atoms with Crippen molar-refractivity contribution in [2.75, 3.05) is 40.3 Å². The van der Waals surface area contributed by atoms with Crippen LogP contribution in [-0.2, 0) is 12.0 Å². The Labute approximate surface area is 160 Å². The number of benzene rings is 1. The first kappa shape index (κ1) is 19.4. The van der Waals surface area contributed by atoms with E-state index in [1.165, 1.54) is 44.3 Å². The van der Waals surface area contributed by atoms with Gasteiger partial charge in [-0.25, -0.2) is 0 Å². The highest BCUT2D eigenvalue weighted by Gasteiger charge is 2.42. The third kappa shape index (κ3) is 3.57. The summed E-state index contributed by atoms with van der Waals surface area (Å²) in [6, 6.07) is 9.75. The number of hydrogen-bond acceptors (Lipinski definition) is 3. The van der Waals surface area contributed by atoms with Gasteiger partial charge in [0.2, 0.25) is 0 Å². The molecule has 2 aliphatic heterocycles. The molecule has 1 aromatic carbocycles. The zero-order valence-corrected chi connectivity index (χ0v) is 17.3. The summed E-state index contributed by atoms with van der Waals surface area (Å²) < 4.78 is 0. The van der Waals surface area contributed by atoms with Crippen LogP contribution in [0.4, 0.5) is 0 Å². The third-order valence-electron chi connectivity index (χ3n) is 7.04. The zero-order valence-electron chi connectivity index (χ0n) is 17.3. The summed E-state index contributed by atoms with van der Waals surface area (Å²) in [6.45, 7) is 13.5. The Morgan fingerprint density at radius 2 is 1.81 bits per heavy atom. The normalized spacial score (nSPS) is 20.3. The summed E-state index contributed by atoms with van der Waals surface area (Å²) in [7, 11) is 4.54. The monoisotopic (exact) mass is 355 g/mol. The fraction of sp³-hybridized carbons (Fsp3) is 0.652. The minimum Gasteiger partial charge on any atom is -0.374 e. The van der Waals surface area contributed by atoms with E-state index in [1.807, 2.05) is 0 Å². The van der Waals surface area contributed by atoms with Crippen molar-refractivity contribution in [1.29, 1.82) is 0 Å². The van der Waals surface area contributed by atoms with Gasteiger partial charge < -0.3 is 4.90 Å². The Balaban J connectivity index is 1.65. The predicted octanol–water partition coefficient (Wildman–Crippen LogP) is 4.10. The molecule has 144 valence electrons. The molecule has 0 unspecified atom stereocenters. The Hall–Kier alpha value is -1.32. The summed E-state index contributed by atoms with van der Waals surface area (Å²) >= 11 is 0. The second-order valence-corrected chi connectivity index (χ2v) is 8.28. The fourth-order valence-corrected chi connectivity index (χ4v) is 5.10. The molecule has 0 radical (unpaired) electrons. The van der Waals surface area contributed by atoms with E-state index in [9.17, 15) is 0 Å². The van der Waals surface area contributed by atoms with Gasteiger partial charge in [-0.05, 0) is 50.3 Å². The maximum atomic E-state index is 4.39. The van der Waals surface area contributed by atoms with E-state index >= 15 is 0 Å². The van der Waals surface area contributed by atoms with Crippen molar-refractivity contribution < 1.29 is 0 Å². The smallest absolute Gasteiger partial charge is 0.0484 e. The minimum absolute atomic E-state index is 0.244. The van der Waals surface area contributed by atoms with Gasteiger partial charge in [-0.2, -0.15) is 0 Å². The lowest BCUT2D eigenvalue weighted by Crippen LogP contribution is -2.55. The van der Waals surface area contributed by atoms with Gasteiger partial charge in [0.25, 0.3) is 0 Å². The van der Waals surface area contributed by atoms with Gasteiger partial charge in [-0.3, -0.25) is 9.80 Å². The molecule has 3 rings (SSSR count). The highest BCUT2D eigenvalue weighted by molar-refractivity contribution is 5.37. The first-order chi connectivity index (χ1) is 12.5. The van der Waals surface area contributed by atoms with Crippen LogP contribution in [-0.4, -0.2) is 61.0 Å². The largest absolute Gasteiger partial charge is 0.374 e. The average molecular weight is 356 g/mol. The van der Waals surface area contributed by atoms with Crippen LogP contribution in [0.15, 0.2) is 36.5 Å². The molecule has 0 N–H and O–H groups in total. The highest BCUT2D eigenvalue weighted by Crippen LogP contribution is 2.42. The molecule has 0 aliphatic carbocycles. The van der Waals surface area contributed by atoms with Crippen molar-refractivity contribution in [3.05, 3.63) is 47.7 Å². The first-order valence-electron chi connectivity index (χ1n) is 10.4. The summed E-state index contributed by atoms with van der Waals surface area (Å²) in [6.07, 6.45) is 6.02. The van der Waals surface area contributed by atoms with Gasteiger partial charge in [0, 0.05) is 50.5 Å². The summed E-state index contributed by atoms with van der Waals surface area (Å²) in [4.78, 5) is 7.64. The lowest BCUT2D eigenvalue weighted by Gasteiger charge is -2.51. The van der Waals surface area contributed by atoms with Gasteiger partial charge in [0.1, 0.15) is 0 Å². The van der Waals surface area contributed by atoms with Crippen LogP contribution in [0.2, 0.25) is 0 Å². The van der Waals surface area contributed by atoms with Gasteiger partial charge in [-0.1, -0.05) is 44.7 Å². The Morgan fingerprint density at radius 1 is 1.15 bits per heavy atom. The lowest BCUT2D eigenvalue weighted by molar-refractivity contribution is 0.0286. The number of likely N-dealkylation sites (tertiary alicyclic amines) is 1. The molecule has 1 aromatic rings. The minimum atomic E-state index is 0.244. The van der Waals surface area contributed by atoms with Crippen LogP contribution in [0.25, 0.3) is 0 Å². The van der Waals surface area contributed by atoms with E-state index in [4.69, 9.17) is 0 Å². The fourth-order valence-electron chi connectivity index (χ4n) is 5.10. The summed E-state index contributed by atoms with van der Waals surface area (Å²) in [5, 5.41) is 0. The number of fused-ring (bicyclic) bond motifs is 2. The molecule has 2 heterocycles. The van der Waals surface area contributed by atoms with Crippen LogP contribution < -0.4 is 0 Å². The van der Waals surface area contributed by atoms with Crippen molar-refractivity contribution in [3.8, 4) is 0 Å². The number of rotatable bonds is 6. The zero-order chi connectivity index (χ0) is 18.7. The van der Waals surface area contributed by atoms with Gasteiger partial charge in [0.15, 0.2) is 0 Å². The molecular weight excluding hydrogens is 318 g/mol. The number of piperidine rings is 1. The molecule has 2 aliphatic rings. The Kier molecular flexibility index (Phi) is 6.09. The molecule has 3 heteroatoms. The van der Waals surface area contributed by atoms with E-state index in [1.54, 1.807) is 11.1 Å². The second-order valence-electron chi connectivity index (χ2n) is 8.28. The van der Waals surface area contributed by atoms with Crippen LogP contribution >= 0.6 is 0 Å². The van der Waals surface area contributed by atoms with E-state index in [0.29, 0.717) is 6.04 Å². The average Bonchev–Trinajstić information content (AvgIpc) is 2.67. The molecule has 26 heavy (non-hydrogen) atoms.